The largest absolute Gasteiger partial charge is 0.342 e. The minimum atomic E-state index is -0.275. The van der Waals surface area contributed by atoms with Crippen molar-refractivity contribution >= 4 is 5.91 Å². The smallest absolute Gasteiger partial charge is 0.227 e. The number of hydrogen-bond acceptors (Lipinski definition) is 2. The van der Waals surface area contributed by atoms with Crippen LogP contribution in [0.15, 0.2) is 24.3 Å². The second-order valence-electron chi connectivity index (χ2n) is 7.93. The Bertz CT molecular complexity index is 569. The van der Waals surface area contributed by atoms with E-state index in [9.17, 15) is 9.18 Å². The SMILES string of the molecule is CC1CCN(CC2CCCN(C(=O)Cc3ccccc3F)CC2)CC1. The van der Waals surface area contributed by atoms with Crippen LogP contribution in [-0.4, -0.2) is 48.4 Å². The lowest BCUT2D eigenvalue weighted by Crippen LogP contribution is -2.37. The lowest BCUT2D eigenvalue weighted by Gasteiger charge is -2.32. The van der Waals surface area contributed by atoms with Crippen LogP contribution in [0.5, 0.6) is 0 Å². The molecule has 0 radical (unpaired) electrons. The monoisotopic (exact) mass is 346 g/mol. The summed E-state index contributed by atoms with van der Waals surface area (Å²) < 4.78 is 13.8. The van der Waals surface area contributed by atoms with Crippen LogP contribution < -0.4 is 0 Å². The van der Waals surface area contributed by atoms with Crippen molar-refractivity contribution in [2.24, 2.45) is 11.8 Å². The van der Waals surface area contributed by atoms with Crippen LogP contribution in [-0.2, 0) is 11.2 Å². The molecule has 1 aromatic carbocycles. The molecule has 2 aliphatic heterocycles. The van der Waals surface area contributed by atoms with Crippen molar-refractivity contribution in [3.8, 4) is 0 Å². The zero-order valence-electron chi connectivity index (χ0n) is 15.4. The molecule has 0 aromatic heterocycles. The van der Waals surface area contributed by atoms with E-state index in [1.54, 1.807) is 18.2 Å². The summed E-state index contributed by atoms with van der Waals surface area (Å²) in [7, 11) is 0. The molecule has 3 rings (SSSR count). The summed E-state index contributed by atoms with van der Waals surface area (Å²) in [6, 6.07) is 6.61. The molecule has 2 saturated heterocycles. The summed E-state index contributed by atoms with van der Waals surface area (Å²) in [6.45, 7) is 7.63. The van der Waals surface area contributed by atoms with E-state index in [1.165, 1.54) is 45.0 Å². The van der Waals surface area contributed by atoms with Crippen molar-refractivity contribution < 1.29 is 9.18 Å². The van der Waals surface area contributed by atoms with Gasteiger partial charge in [-0.15, -0.1) is 0 Å². The Morgan fingerprint density at radius 1 is 1.08 bits per heavy atom. The van der Waals surface area contributed by atoms with Crippen molar-refractivity contribution in [3.05, 3.63) is 35.6 Å². The topological polar surface area (TPSA) is 23.6 Å². The quantitative estimate of drug-likeness (QED) is 0.829. The van der Waals surface area contributed by atoms with E-state index >= 15 is 0 Å². The Kier molecular flexibility index (Phi) is 6.46. The van der Waals surface area contributed by atoms with Crippen molar-refractivity contribution in [2.75, 3.05) is 32.7 Å². The molecule has 138 valence electrons. The number of halogens is 1. The Labute approximate surface area is 151 Å². The Morgan fingerprint density at radius 2 is 1.84 bits per heavy atom. The lowest BCUT2D eigenvalue weighted by molar-refractivity contribution is -0.130. The van der Waals surface area contributed by atoms with Gasteiger partial charge in [0.05, 0.1) is 6.42 Å². The van der Waals surface area contributed by atoms with Gasteiger partial charge in [0.25, 0.3) is 0 Å². The fourth-order valence-corrected chi connectivity index (χ4v) is 4.12. The number of amides is 1. The van der Waals surface area contributed by atoms with Crippen molar-refractivity contribution in [2.45, 2.75) is 45.4 Å². The maximum atomic E-state index is 13.8. The molecule has 2 aliphatic rings. The van der Waals surface area contributed by atoms with Gasteiger partial charge in [-0.1, -0.05) is 25.1 Å². The fourth-order valence-electron chi connectivity index (χ4n) is 4.12. The van der Waals surface area contributed by atoms with E-state index in [0.29, 0.717) is 11.5 Å². The van der Waals surface area contributed by atoms with Gasteiger partial charge in [0.2, 0.25) is 5.91 Å². The highest BCUT2D eigenvalue weighted by molar-refractivity contribution is 5.78. The zero-order chi connectivity index (χ0) is 17.6. The number of carbonyl (C=O) groups excluding carboxylic acids is 1. The summed E-state index contributed by atoms with van der Waals surface area (Å²) in [6.07, 6.45) is 6.17. The summed E-state index contributed by atoms with van der Waals surface area (Å²) >= 11 is 0. The molecule has 1 amide bonds. The normalized spacial score (nSPS) is 23.4. The van der Waals surface area contributed by atoms with Crippen LogP contribution in [0, 0.1) is 17.7 Å². The van der Waals surface area contributed by atoms with E-state index in [2.05, 4.69) is 11.8 Å². The predicted molar refractivity (Wildman–Crippen MR) is 98.9 cm³/mol. The van der Waals surface area contributed by atoms with Crippen molar-refractivity contribution in [1.82, 2.24) is 9.80 Å². The maximum Gasteiger partial charge on any atom is 0.227 e. The first-order chi connectivity index (χ1) is 12.1. The third-order valence-electron chi connectivity index (χ3n) is 5.89. The summed E-state index contributed by atoms with van der Waals surface area (Å²) in [4.78, 5) is 17.1. The van der Waals surface area contributed by atoms with Gasteiger partial charge < -0.3 is 9.80 Å². The summed E-state index contributed by atoms with van der Waals surface area (Å²) in [5, 5.41) is 0. The first kappa shape index (κ1) is 18.4. The van der Waals surface area contributed by atoms with Crippen LogP contribution in [0.1, 0.15) is 44.6 Å². The number of carbonyl (C=O) groups is 1. The van der Waals surface area contributed by atoms with E-state index < -0.39 is 0 Å². The summed E-state index contributed by atoms with van der Waals surface area (Å²) in [5.74, 6) is 1.36. The molecule has 3 nitrogen and oxygen atoms in total. The maximum absolute atomic E-state index is 13.8. The van der Waals surface area contributed by atoms with Gasteiger partial charge in [-0.2, -0.15) is 0 Å². The standard InChI is InChI=1S/C21H31FN2O/c1-17-8-12-23(13-9-17)16-18-5-4-11-24(14-10-18)21(25)15-19-6-2-3-7-20(19)22/h2-3,6-7,17-18H,4-5,8-16H2,1H3. The van der Waals surface area contributed by atoms with Gasteiger partial charge in [-0.25, -0.2) is 4.39 Å². The van der Waals surface area contributed by atoms with E-state index in [-0.39, 0.29) is 18.1 Å². The third-order valence-corrected chi connectivity index (χ3v) is 5.89. The molecule has 4 heteroatoms. The van der Waals surface area contributed by atoms with Crippen molar-refractivity contribution in [3.63, 3.8) is 0 Å². The lowest BCUT2D eigenvalue weighted by atomic mass is 9.95. The third kappa shape index (κ3) is 5.27. The molecule has 2 fully saturated rings. The minimum absolute atomic E-state index is 0.0672. The number of nitrogens with zero attached hydrogens (tertiary/aromatic N) is 2. The van der Waals surface area contributed by atoms with Gasteiger partial charge >= 0.3 is 0 Å². The Hall–Kier alpha value is -1.42. The van der Waals surface area contributed by atoms with Crippen LogP contribution in [0.2, 0.25) is 0 Å². The molecule has 0 spiro atoms. The molecule has 1 aromatic rings. The molecular formula is C21H31FN2O. The fraction of sp³-hybridized carbons (Fsp3) is 0.667. The van der Waals surface area contributed by atoms with E-state index in [4.69, 9.17) is 0 Å². The molecule has 1 unspecified atom stereocenters. The molecule has 0 aliphatic carbocycles. The number of rotatable bonds is 4. The average Bonchev–Trinajstić information content (AvgIpc) is 2.85. The highest BCUT2D eigenvalue weighted by atomic mass is 19.1. The average molecular weight is 346 g/mol. The second-order valence-corrected chi connectivity index (χ2v) is 7.93. The molecule has 0 saturated carbocycles. The molecule has 1 atom stereocenters. The molecule has 2 heterocycles. The predicted octanol–water partition coefficient (Wildman–Crippen LogP) is 3.73. The molecular weight excluding hydrogens is 315 g/mol. The van der Waals surface area contributed by atoms with Crippen LogP contribution in [0.4, 0.5) is 4.39 Å². The number of benzene rings is 1. The molecule has 0 N–H and O–H groups in total. The first-order valence-electron chi connectivity index (χ1n) is 9.85. The molecule has 0 bridgehead atoms. The number of piperidine rings is 1. The van der Waals surface area contributed by atoms with Gasteiger partial charge in [0.15, 0.2) is 0 Å². The van der Waals surface area contributed by atoms with Gasteiger partial charge in [0, 0.05) is 19.6 Å². The van der Waals surface area contributed by atoms with E-state index in [1.807, 2.05) is 4.90 Å². The Morgan fingerprint density at radius 3 is 2.60 bits per heavy atom. The number of hydrogen-bond donors (Lipinski definition) is 0. The minimum Gasteiger partial charge on any atom is -0.342 e. The van der Waals surface area contributed by atoms with Gasteiger partial charge in [0.1, 0.15) is 5.82 Å². The molecule has 25 heavy (non-hydrogen) atoms. The highest BCUT2D eigenvalue weighted by Crippen LogP contribution is 2.23. The van der Waals surface area contributed by atoms with Crippen molar-refractivity contribution in [1.29, 1.82) is 0 Å². The zero-order valence-corrected chi connectivity index (χ0v) is 15.4. The second kappa shape index (κ2) is 8.79. The van der Waals surface area contributed by atoms with Crippen LogP contribution in [0.25, 0.3) is 0 Å². The van der Waals surface area contributed by atoms with Gasteiger partial charge in [-0.05, 0) is 68.7 Å². The Balaban J connectivity index is 1.48. The van der Waals surface area contributed by atoms with Crippen LogP contribution >= 0.6 is 0 Å². The summed E-state index contributed by atoms with van der Waals surface area (Å²) in [5.41, 5.74) is 0.510. The van der Waals surface area contributed by atoms with E-state index in [0.717, 1.165) is 31.8 Å². The van der Waals surface area contributed by atoms with Gasteiger partial charge in [-0.3, -0.25) is 4.79 Å². The van der Waals surface area contributed by atoms with Crippen LogP contribution in [0.3, 0.4) is 0 Å². The highest BCUT2D eigenvalue weighted by Gasteiger charge is 2.24. The number of likely N-dealkylation sites (tertiary alicyclic amines) is 2. The first-order valence-corrected chi connectivity index (χ1v) is 9.85.